The zero-order valence-electron chi connectivity index (χ0n) is 19.0. The number of nitrogens with zero attached hydrogens (tertiary/aromatic N) is 1. The van der Waals surface area contributed by atoms with E-state index in [2.05, 4.69) is 0 Å². The van der Waals surface area contributed by atoms with Crippen LogP contribution >= 0.6 is 11.6 Å². The van der Waals surface area contributed by atoms with Gasteiger partial charge >= 0.3 is 0 Å². The number of aliphatic hydroxyl groups is 1. The monoisotopic (exact) mass is 477 g/mol. The number of hydrogen-bond acceptors (Lipinski definition) is 5. The highest BCUT2D eigenvalue weighted by Gasteiger charge is 2.47. The van der Waals surface area contributed by atoms with E-state index in [-0.39, 0.29) is 11.3 Å². The van der Waals surface area contributed by atoms with Crippen molar-refractivity contribution in [1.29, 1.82) is 0 Å². The van der Waals surface area contributed by atoms with Gasteiger partial charge in [-0.15, -0.1) is 0 Å². The molecule has 1 aliphatic heterocycles. The van der Waals surface area contributed by atoms with Crippen molar-refractivity contribution in [3.63, 3.8) is 0 Å². The van der Waals surface area contributed by atoms with Crippen LogP contribution in [0.5, 0.6) is 11.5 Å². The third-order valence-electron chi connectivity index (χ3n) is 5.74. The molecule has 1 heterocycles. The first-order valence-electron chi connectivity index (χ1n) is 10.8. The number of methoxy groups -OCH3 is 1. The molecule has 34 heavy (non-hydrogen) atoms. The van der Waals surface area contributed by atoms with E-state index < -0.39 is 17.7 Å². The Hall–Kier alpha value is -3.77. The Morgan fingerprint density at radius 1 is 1.00 bits per heavy atom. The van der Waals surface area contributed by atoms with Crippen LogP contribution in [0.15, 0.2) is 72.3 Å². The van der Waals surface area contributed by atoms with Crippen molar-refractivity contribution in [2.45, 2.75) is 19.9 Å². The summed E-state index contributed by atoms with van der Waals surface area (Å²) < 4.78 is 10.7. The van der Waals surface area contributed by atoms with E-state index in [1.54, 1.807) is 80.8 Å². The van der Waals surface area contributed by atoms with Crippen LogP contribution in [0.4, 0.5) is 5.69 Å². The molecule has 1 aliphatic rings. The van der Waals surface area contributed by atoms with Crippen molar-refractivity contribution in [1.82, 2.24) is 0 Å². The molecule has 6 nitrogen and oxygen atoms in total. The van der Waals surface area contributed by atoms with Gasteiger partial charge in [0.2, 0.25) is 0 Å². The molecule has 174 valence electrons. The molecule has 1 atom stereocenters. The zero-order valence-corrected chi connectivity index (χ0v) is 19.8. The van der Waals surface area contributed by atoms with E-state index in [0.29, 0.717) is 45.5 Å². The highest BCUT2D eigenvalue weighted by atomic mass is 35.5. The smallest absolute Gasteiger partial charge is 0.300 e. The molecule has 1 unspecified atom stereocenters. The normalized spacial score (nSPS) is 17.2. The summed E-state index contributed by atoms with van der Waals surface area (Å²) in [6, 6.07) is 18.1. The standard InChI is InChI=1S/C27H24ClNO5/c1-4-34-20-11-9-19(10-12-20)29-24(17-5-7-18(28)8-6-17)23(26(31)27(29)32)25(30)22-14-13-21(33-3)15-16(22)2/h5-15,24,30H,4H2,1-3H3/b25-23-. The number of ether oxygens (including phenoxy) is 2. The minimum absolute atomic E-state index is 0.00877. The number of benzene rings is 3. The molecular formula is C27H24ClNO5. The molecule has 1 saturated heterocycles. The third-order valence-corrected chi connectivity index (χ3v) is 6.00. The van der Waals surface area contributed by atoms with Gasteiger partial charge in [0.15, 0.2) is 0 Å². The lowest BCUT2D eigenvalue weighted by molar-refractivity contribution is -0.132. The number of Topliss-reactive ketones (excluding diaryl/α,β-unsaturated/α-hetero) is 1. The first kappa shape index (κ1) is 23.4. The molecular weight excluding hydrogens is 454 g/mol. The maximum Gasteiger partial charge on any atom is 0.300 e. The van der Waals surface area contributed by atoms with Crippen molar-refractivity contribution in [3.05, 3.63) is 94.0 Å². The molecule has 1 N–H and O–H groups in total. The fourth-order valence-electron chi connectivity index (χ4n) is 4.10. The van der Waals surface area contributed by atoms with Gasteiger partial charge in [-0.05, 0) is 79.6 Å². The molecule has 0 saturated carbocycles. The maximum atomic E-state index is 13.3. The summed E-state index contributed by atoms with van der Waals surface area (Å²) in [4.78, 5) is 27.9. The number of hydrogen-bond donors (Lipinski definition) is 1. The fraction of sp³-hybridized carbons (Fsp3) is 0.185. The molecule has 1 fully saturated rings. The Kier molecular flexibility index (Phi) is 6.61. The van der Waals surface area contributed by atoms with Crippen molar-refractivity contribution in [2.75, 3.05) is 18.6 Å². The minimum atomic E-state index is -0.836. The summed E-state index contributed by atoms with van der Waals surface area (Å²) in [5.41, 5.74) is 2.32. The second-order valence-electron chi connectivity index (χ2n) is 7.83. The number of carbonyl (C=O) groups excluding carboxylic acids is 2. The SMILES string of the molecule is CCOc1ccc(N2C(=O)C(=O)/C(=C(\O)c3ccc(OC)cc3C)C2c2ccc(Cl)cc2)cc1. The molecule has 4 rings (SSSR count). The Balaban J connectivity index is 1.90. The second kappa shape index (κ2) is 9.61. The highest BCUT2D eigenvalue weighted by Crippen LogP contribution is 2.43. The molecule has 0 radical (unpaired) electrons. The van der Waals surface area contributed by atoms with Gasteiger partial charge in [-0.25, -0.2) is 0 Å². The lowest BCUT2D eigenvalue weighted by Gasteiger charge is -2.26. The van der Waals surface area contributed by atoms with E-state index in [0.717, 1.165) is 0 Å². The van der Waals surface area contributed by atoms with E-state index in [9.17, 15) is 14.7 Å². The van der Waals surface area contributed by atoms with Gasteiger partial charge in [-0.2, -0.15) is 0 Å². The number of rotatable bonds is 6. The molecule has 3 aromatic carbocycles. The predicted molar refractivity (Wildman–Crippen MR) is 132 cm³/mol. The van der Waals surface area contributed by atoms with Crippen molar-refractivity contribution >= 4 is 34.7 Å². The van der Waals surface area contributed by atoms with Gasteiger partial charge in [-0.1, -0.05) is 23.7 Å². The van der Waals surface area contributed by atoms with E-state index in [1.165, 1.54) is 4.90 Å². The average molecular weight is 478 g/mol. The Bertz CT molecular complexity index is 1270. The summed E-state index contributed by atoms with van der Waals surface area (Å²) in [5.74, 6) is -0.455. The van der Waals surface area contributed by atoms with Crippen LogP contribution in [-0.2, 0) is 9.59 Å². The maximum absolute atomic E-state index is 13.3. The predicted octanol–water partition coefficient (Wildman–Crippen LogP) is 5.68. The number of anilines is 1. The summed E-state index contributed by atoms with van der Waals surface area (Å²) >= 11 is 6.09. The minimum Gasteiger partial charge on any atom is -0.507 e. The van der Waals surface area contributed by atoms with Crippen LogP contribution in [0.1, 0.15) is 29.7 Å². The number of ketones is 1. The fourth-order valence-corrected chi connectivity index (χ4v) is 4.23. The number of aryl methyl sites for hydroxylation is 1. The third kappa shape index (κ3) is 4.24. The average Bonchev–Trinajstić information content (AvgIpc) is 3.10. The Morgan fingerprint density at radius 2 is 1.65 bits per heavy atom. The van der Waals surface area contributed by atoms with Gasteiger partial charge in [0.1, 0.15) is 17.3 Å². The van der Waals surface area contributed by atoms with E-state index in [4.69, 9.17) is 21.1 Å². The second-order valence-corrected chi connectivity index (χ2v) is 8.26. The molecule has 0 bridgehead atoms. The van der Waals surface area contributed by atoms with Crippen LogP contribution in [-0.4, -0.2) is 30.5 Å². The Labute approximate surface area is 203 Å². The molecule has 0 spiro atoms. The molecule has 1 amide bonds. The van der Waals surface area contributed by atoms with Crippen molar-refractivity contribution < 1.29 is 24.2 Å². The molecule has 0 aromatic heterocycles. The molecule has 3 aromatic rings. The number of halogens is 1. The van der Waals surface area contributed by atoms with Crippen molar-refractivity contribution in [3.8, 4) is 11.5 Å². The van der Waals surface area contributed by atoms with Gasteiger partial charge in [0.05, 0.1) is 25.3 Å². The summed E-state index contributed by atoms with van der Waals surface area (Å²) in [5, 5.41) is 11.8. The quantitative estimate of drug-likeness (QED) is 0.281. The number of aliphatic hydroxyl groups excluding tert-OH is 1. The summed E-state index contributed by atoms with van der Waals surface area (Å²) in [6.45, 7) is 4.20. The topological polar surface area (TPSA) is 76.1 Å². The van der Waals surface area contributed by atoms with Crippen LogP contribution in [0, 0.1) is 6.92 Å². The summed E-state index contributed by atoms with van der Waals surface area (Å²) in [6.07, 6.45) is 0. The van der Waals surface area contributed by atoms with Crippen LogP contribution in [0.25, 0.3) is 5.76 Å². The number of amides is 1. The van der Waals surface area contributed by atoms with Crippen LogP contribution in [0.3, 0.4) is 0 Å². The lowest BCUT2D eigenvalue weighted by Crippen LogP contribution is -2.29. The first-order valence-corrected chi connectivity index (χ1v) is 11.2. The van der Waals surface area contributed by atoms with Gasteiger partial charge in [0, 0.05) is 16.3 Å². The van der Waals surface area contributed by atoms with Crippen molar-refractivity contribution in [2.24, 2.45) is 0 Å². The van der Waals surface area contributed by atoms with Gasteiger partial charge in [0.25, 0.3) is 11.7 Å². The number of carbonyl (C=O) groups is 2. The lowest BCUT2D eigenvalue weighted by atomic mass is 9.93. The van der Waals surface area contributed by atoms with Gasteiger partial charge in [-0.3, -0.25) is 14.5 Å². The van der Waals surface area contributed by atoms with E-state index in [1.807, 2.05) is 6.92 Å². The largest absolute Gasteiger partial charge is 0.507 e. The molecule has 7 heteroatoms. The van der Waals surface area contributed by atoms with E-state index >= 15 is 0 Å². The van der Waals surface area contributed by atoms with Gasteiger partial charge < -0.3 is 14.6 Å². The van der Waals surface area contributed by atoms with Crippen LogP contribution < -0.4 is 14.4 Å². The summed E-state index contributed by atoms with van der Waals surface area (Å²) in [7, 11) is 1.55. The van der Waals surface area contributed by atoms with Crippen LogP contribution in [0.2, 0.25) is 5.02 Å². The Morgan fingerprint density at radius 3 is 2.24 bits per heavy atom. The molecule has 0 aliphatic carbocycles. The zero-order chi connectivity index (χ0) is 24.4. The highest BCUT2D eigenvalue weighted by molar-refractivity contribution is 6.51. The first-order chi connectivity index (χ1) is 16.3.